The van der Waals surface area contributed by atoms with E-state index in [2.05, 4.69) is 17.4 Å². The number of nitrogens with one attached hydrogen (secondary N) is 1. The molecule has 1 saturated heterocycles. The molecule has 0 aliphatic carbocycles. The lowest BCUT2D eigenvalue weighted by molar-refractivity contribution is -0.126. The Hall–Kier alpha value is -3.02. The standard InChI is InChI=1S/C26H33N3O3/c1-19-12-13-24-23(16-19)29(17-20(2)32-24)26(31)28-15-7-11-22(18-28)25(30)27-14-6-10-21-8-4-3-5-9-21/h3-5,8-9,12-13,16,20,22H,6-7,10-11,14-15,17-18H2,1-2H3,(H,27,30)/t20-,22+/m0/s1. The molecule has 3 amide bonds. The molecule has 6 heteroatoms. The van der Waals surface area contributed by atoms with Crippen LogP contribution in [0.5, 0.6) is 5.75 Å². The van der Waals surface area contributed by atoms with E-state index in [1.807, 2.05) is 60.0 Å². The Kier molecular flexibility index (Phi) is 6.98. The Morgan fingerprint density at radius 3 is 2.75 bits per heavy atom. The first-order valence-corrected chi connectivity index (χ1v) is 11.7. The van der Waals surface area contributed by atoms with Gasteiger partial charge in [-0.1, -0.05) is 36.4 Å². The molecule has 0 saturated carbocycles. The number of fused-ring (bicyclic) bond motifs is 1. The molecular weight excluding hydrogens is 402 g/mol. The molecule has 2 aromatic carbocycles. The zero-order valence-corrected chi connectivity index (χ0v) is 19.0. The SMILES string of the molecule is Cc1ccc2c(c1)N(C(=O)N1CCC[C@@H](C(=O)NCCCc3ccccc3)C1)C[C@H](C)O2. The number of ether oxygens (including phenoxy) is 1. The van der Waals surface area contributed by atoms with Gasteiger partial charge in [-0.05, 0) is 62.8 Å². The van der Waals surface area contributed by atoms with Crippen molar-refractivity contribution in [3.63, 3.8) is 0 Å². The van der Waals surface area contributed by atoms with Gasteiger partial charge in [0.1, 0.15) is 11.9 Å². The van der Waals surface area contributed by atoms with Crippen molar-refractivity contribution in [2.24, 2.45) is 5.92 Å². The second-order valence-corrected chi connectivity index (χ2v) is 8.96. The predicted molar refractivity (Wildman–Crippen MR) is 126 cm³/mol. The smallest absolute Gasteiger partial charge is 0.324 e. The number of hydrogen-bond acceptors (Lipinski definition) is 3. The fourth-order valence-corrected chi connectivity index (χ4v) is 4.56. The topological polar surface area (TPSA) is 61.9 Å². The first-order chi connectivity index (χ1) is 15.5. The average molecular weight is 436 g/mol. The largest absolute Gasteiger partial charge is 0.487 e. The van der Waals surface area contributed by atoms with Gasteiger partial charge in [-0.3, -0.25) is 9.69 Å². The minimum atomic E-state index is -0.153. The van der Waals surface area contributed by atoms with Crippen LogP contribution in [0.4, 0.5) is 10.5 Å². The number of likely N-dealkylation sites (tertiary alicyclic amines) is 1. The van der Waals surface area contributed by atoms with Crippen LogP contribution in [-0.4, -0.2) is 49.1 Å². The summed E-state index contributed by atoms with van der Waals surface area (Å²) in [6, 6.07) is 16.2. The molecule has 6 nitrogen and oxygen atoms in total. The second-order valence-electron chi connectivity index (χ2n) is 8.96. The predicted octanol–water partition coefficient (Wildman–Crippen LogP) is 4.16. The van der Waals surface area contributed by atoms with Crippen molar-refractivity contribution >= 4 is 17.6 Å². The number of nitrogens with zero attached hydrogens (tertiary/aromatic N) is 2. The first kappa shape index (κ1) is 22.2. The van der Waals surface area contributed by atoms with Crippen LogP contribution in [0, 0.1) is 12.8 Å². The van der Waals surface area contributed by atoms with E-state index in [0.29, 0.717) is 26.2 Å². The molecule has 0 bridgehead atoms. The van der Waals surface area contributed by atoms with Gasteiger partial charge in [-0.15, -0.1) is 0 Å². The van der Waals surface area contributed by atoms with E-state index < -0.39 is 0 Å². The van der Waals surface area contributed by atoms with Gasteiger partial charge in [0.05, 0.1) is 18.2 Å². The fourth-order valence-electron chi connectivity index (χ4n) is 4.56. The van der Waals surface area contributed by atoms with Crippen LogP contribution in [0.15, 0.2) is 48.5 Å². The highest BCUT2D eigenvalue weighted by Gasteiger charge is 2.34. The summed E-state index contributed by atoms with van der Waals surface area (Å²) in [4.78, 5) is 29.8. The number of aryl methyl sites for hydroxylation is 2. The number of urea groups is 1. The Morgan fingerprint density at radius 1 is 1.12 bits per heavy atom. The monoisotopic (exact) mass is 435 g/mol. The quantitative estimate of drug-likeness (QED) is 0.718. The molecule has 2 atom stereocenters. The molecular formula is C26H33N3O3. The maximum atomic E-state index is 13.4. The Labute approximate surface area is 190 Å². The van der Waals surface area contributed by atoms with Gasteiger partial charge in [0, 0.05) is 19.6 Å². The maximum absolute atomic E-state index is 13.4. The highest BCUT2D eigenvalue weighted by Crippen LogP contribution is 2.35. The highest BCUT2D eigenvalue weighted by molar-refractivity contribution is 5.94. The molecule has 2 aliphatic heterocycles. The van der Waals surface area contributed by atoms with Crippen molar-refractivity contribution in [3.8, 4) is 5.75 Å². The van der Waals surface area contributed by atoms with Gasteiger partial charge in [0.25, 0.3) is 0 Å². The van der Waals surface area contributed by atoms with Gasteiger partial charge >= 0.3 is 6.03 Å². The Morgan fingerprint density at radius 2 is 1.94 bits per heavy atom. The molecule has 1 N–H and O–H groups in total. The van der Waals surface area contributed by atoms with Crippen LogP contribution in [-0.2, 0) is 11.2 Å². The lowest BCUT2D eigenvalue weighted by Crippen LogP contribution is -2.53. The van der Waals surface area contributed by atoms with Crippen LogP contribution in [0.1, 0.15) is 37.3 Å². The molecule has 32 heavy (non-hydrogen) atoms. The first-order valence-electron chi connectivity index (χ1n) is 11.7. The minimum Gasteiger partial charge on any atom is -0.487 e. The summed E-state index contributed by atoms with van der Waals surface area (Å²) in [5.74, 6) is 0.648. The van der Waals surface area contributed by atoms with Crippen LogP contribution < -0.4 is 15.0 Å². The lowest BCUT2D eigenvalue weighted by atomic mass is 9.97. The number of hydrogen-bond donors (Lipinski definition) is 1. The van der Waals surface area contributed by atoms with Crippen molar-refractivity contribution in [2.45, 2.75) is 45.6 Å². The highest BCUT2D eigenvalue weighted by atomic mass is 16.5. The molecule has 0 aromatic heterocycles. The maximum Gasteiger partial charge on any atom is 0.324 e. The molecule has 0 unspecified atom stereocenters. The molecule has 2 heterocycles. The molecule has 0 spiro atoms. The van der Waals surface area contributed by atoms with Crippen molar-refractivity contribution in [1.82, 2.24) is 10.2 Å². The van der Waals surface area contributed by atoms with Crippen molar-refractivity contribution in [1.29, 1.82) is 0 Å². The summed E-state index contributed by atoms with van der Waals surface area (Å²) in [6.45, 7) is 6.32. The number of carbonyl (C=O) groups is 2. The number of rotatable bonds is 5. The van der Waals surface area contributed by atoms with Gasteiger partial charge < -0.3 is 15.0 Å². The van der Waals surface area contributed by atoms with Crippen molar-refractivity contribution in [2.75, 3.05) is 31.1 Å². The van der Waals surface area contributed by atoms with Gasteiger partial charge in [-0.25, -0.2) is 4.79 Å². The van der Waals surface area contributed by atoms with E-state index in [1.165, 1.54) is 5.56 Å². The van der Waals surface area contributed by atoms with Gasteiger partial charge in [0.15, 0.2) is 0 Å². The number of piperidine rings is 1. The normalized spacial score (nSPS) is 20.3. The summed E-state index contributed by atoms with van der Waals surface area (Å²) < 4.78 is 5.92. The van der Waals surface area contributed by atoms with Crippen molar-refractivity contribution in [3.05, 3.63) is 59.7 Å². The molecule has 4 rings (SSSR count). The van der Waals surface area contributed by atoms with Crippen LogP contribution in [0.25, 0.3) is 0 Å². The summed E-state index contributed by atoms with van der Waals surface area (Å²) in [5.41, 5.74) is 3.19. The molecule has 0 radical (unpaired) electrons. The van der Waals surface area contributed by atoms with Crippen LogP contribution in [0.3, 0.4) is 0 Å². The summed E-state index contributed by atoms with van der Waals surface area (Å²) in [6.07, 6.45) is 3.46. The van der Waals surface area contributed by atoms with E-state index in [0.717, 1.165) is 42.7 Å². The second kappa shape index (κ2) is 10.1. The zero-order chi connectivity index (χ0) is 22.5. The Bertz CT molecular complexity index is 947. The van der Waals surface area contributed by atoms with Crippen molar-refractivity contribution < 1.29 is 14.3 Å². The average Bonchev–Trinajstić information content (AvgIpc) is 2.82. The number of amides is 3. The lowest BCUT2D eigenvalue weighted by Gasteiger charge is -2.39. The summed E-state index contributed by atoms with van der Waals surface area (Å²) in [7, 11) is 0. The van der Waals surface area contributed by atoms with Gasteiger partial charge in [0.2, 0.25) is 5.91 Å². The molecule has 2 aliphatic rings. The zero-order valence-electron chi connectivity index (χ0n) is 19.0. The van der Waals surface area contributed by atoms with E-state index in [1.54, 1.807) is 0 Å². The molecule has 170 valence electrons. The van der Waals surface area contributed by atoms with Crippen LogP contribution in [0.2, 0.25) is 0 Å². The number of carbonyl (C=O) groups excluding carboxylic acids is 2. The van der Waals surface area contributed by atoms with Crippen LogP contribution >= 0.6 is 0 Å². The fraction of sp³-hybridized carbons (Fsp3) is 0.462. The van der Waals surface area contributed by atoms with E-state index >= 15 is 0 Å². The summed E-state index contributed by atoms with van der Waals surface area (Å²) >= 11 is 0. The van der Waals surface area contributed by atoms with E-state index in [-0.39, 0.29) is 24.0 Å². The molecule has 1 fully saturated rings. The Balaban J connectivity index is 1.33. The third kappa shape index (κ3) is 5.23. The van der Waals surface area contributed by atoms with E-state index in [9.17, 15) is 9.59 Å². The minimum absolute atomic E-state index is 0.0337. The number of benzene rings is 2. The summed E-state index contributed by atoms with van der Waals surface area (Å²) in [5, 5.41) is 3.08. The van der Waals surface area contributed by atoms with E-state index in [4.69, 9.17) is 4.74 Å². The third-order valence-electron chi connectivity index (χ3n) is 6.25. The third-order valence-corrected chi connectivity index (χ3v) is 6.25. The number of anilines is 1. The molecule has 2 aromatic rings. The van der Waals surface area contributed by atoms with Gasteiger partial charge in [-0.2, -0.15) is 0 Å².